The van der Waals surface area contributed by atoms with Crippen molar-refractivity contribution in [1.29, 1.82) is 0 Å². The maximum Gasteiger partial charge on any atom is 0.334 e. The fourth-order valence-electron chi connectivity index (χ4n) is 2.11. The van der Waals surface area contributed by atoms with Crippen LogP contribution in [0.15, 0.2) is 0 Å². The molecule has 0 aliphatic carbocycles. The molecule has 0 spiro atoms. The van der Waals surface area contributed by atoms with Gasteiger partial charge < -0.3 is 9.84 Å². The molecule has 2 heterocycles. The zero-order valence-corrected chi connectivity index (χ0v) is 9.54. The summed E-state index contributed by atoms with van der Waals surface area (Å²) in [5.74, 6) is 2.41. The van der Waals surface area contributed by atoms with Gasteiger partial charge in [0.05, 0.1) is 6.61 Å². The van der Waals surface area contributed by atoms with Crippen molar-refractivity contribution in [3.05, 3.63) is 0 Å². The number of thioether (sulfide) groups is 1. The zero-order valence-electron chi connectivity index (χ0n) is 8.72. The highest BCUT2D eigenvalue weighted by atomic mass is 32.2. The van der Waals surface area contributed by atoms with Crippen molar-refractivity contribution < 1.29 is 14.6 Å². The zero-order chi connectivity index (χ0) is 10.7. The van der Waals surface area contributed by atoms with Gasteiger partial charge in [-0.2, -0.15) is 11.8 Å². The summed E-state index contributed by atoms with van der Waals surface area (Å²) in [6.07, 6.45) is 0.660. The summed E-state index contributed by atoms with van der Waals surface area (Å²) in [7, 11) is 0. The second kappa shape index (κ2) is 5.18. The van der Waals surface area contributed by atoms with Crippen LogP contribution in [0.25, 0.3) is 0 Å². The number of rotatable bonds is 3. The molecule has 0 bridgehead atoms. The molecule has 2 aliphatic rings. The molecule has 0 aromatic rings. The van der Waals surface area contributed by atoms with Gasteiger partial charge in [-0.15, -0.1) is 0 Å². The van der Waals surface area contributed by atoms with E-state index in [1.807, 2.05) is 11.8 Å². The van der Waals surface area contributed by atoms with Gasteiger partial charge >= 0.3 is 5.97 Å². The van der Waals surface area contributed by atoms with Crippen molar-refractivity contribution in [2.24, 2.45) is 5.92 Å². The standard InChI is InChI=1S/C10H17NO3S/c12-10(13)9-6-11(2-3-14-9)5-8-1-4-15-7-8/h8-9H,1-7H2,(H,12,13). The van der Waals surface area contributed by atoms with Crippen LogP contribution in [0.2, 0.25) is 0 Å². The summed E-state index contributed by atoms with van der Waals surface area (Å²) in [5.41, 5.74) is 0. The summed E-state index contributed by atoms with van der Waals surface area (Å²) in [6.45, 7) is 3.03. The lowest BCUT2D eigenvalue weighted by Gasteiger charge is -2.32. The first-order chi connectivity index (χ1) is 7.25. The van der Waals surface area contributed by atoms with Crippen LogP contribution >= 0.6 is 11.8 Å². The molecule has 0 radical (unpaired) electrons. The monoisotopic (exact) mass is 231 g/mol. The van der Waals surface area contributed by atoms with E-state index in [0.29, 0.717) is 13.2 Å². The number of nitrogens with zero attached hydrogens (tertiary/aromatic N) is 1. The third-order valence-corrected chi connectivity index (χ3v) is 4.20. The van der Waals surface area contributed by atoms with E-state index in [0.717, 1.165) is 19.0 Å². The molecule has 1 N–H and O–H groups in total. The van der Waals surface area contributed by atoms with Gasteiger partial charge in [0.25, 0.3) is 0 Å². The largest absolute Gasteiger partial charge is 0.479 e. The van der Waals surface area contributed by atoms with Gasteiger partial charge in [-0.1, -0.05) is 0 Å². The number of morpholine rings is 1. The molecule has 5 heteroatoms. The maximum atomic E-state index is 10.8. The van der Waals surface area contributed by atoms with Crippen molar-refractivity contribution in [2.75, 3.05) is 37.7 Å². The SMILES string of the molecule is O=C(O)C1CN(CC2CCSC2)CCO1. The van der Waals surface area contributed by atoms with Gasteiger partial charge in [-0.3, -0.25) is 4.90 Å². The van der Waals surface area contributed by atoms with E-state index in [1.165, 1.54) is 17.9 Å². The van der Waals surface area contributed by atoms with Crippen molar-refractivity contribution in [1.82, 2.24) is 4.90 Å². The lowest BCUT2D eigenvalue weighted by Crippen LogP contribution is -2.47. The summed E-state index contributed by atoms with van der Waals surface area (Å²) >= 11 is 2.00. The van der Waals surface area contributed by atoms with E-state index in [2.05, 4.69) is 4.90 Å². The first kappa shape index (κ1) is 11.2. The van der Waals surface area contributed by atoms with Crippen LogP contribution in [0.1, 0.15) is 6.42 Å². The van der Waals surface area contributed by atoms with Gasteiger partial charge in [0.15, 0.2) is 6.10 Å². The minimum Gasteiger partial charge on any atom is -0.479 e. The van der Waals surface area contributed by atoms with E-state index in [-0.39, 0.29) is 0 Å². The second-order valence-electron chi connectivity index (χ2n) is 4.19. The molecule has 2 fully saturated rings. The fourth-order valence-corrected chi connectivity index (χ4v) is 3.38. The Morgan fingerprint density at radius 3 is 3.13 bits per heavy atom. The Balaban J connectivity index is 1.79. The molecule has 86 valence electrons. The van der Waals surface area contributed by atoms with Crippen LogP contribution in [0.4, 0.5) is 0 Å². The highest BCUT2D eigenvalue weighted by Gasteiger charge is 2.28. The Labute approximate surface area is 94.0 Å². The third kappa shape index (κ3) is 3.09. The number of aliphatic carboxylic acids is 1. The van der Waals surface area contributed by atoms with Crippen LogP contribution in [-0.2, 0) is 9.53 Å². The van der Waals surface area contributed by atoms with E-state index < -0.39 is 12.1 Å². The van der Waals surface area contributed by atoms with Gasteiger partial charge in [0, 0.05) is 19.6 Å². The van der Waals surface area contributed by atoms with Crippen LogP contribution in [0.3, 0.4) is 0 Å². The highest BCUT2D eigenvalue weighted by Crippen LogP contribution is 2.24. The van der Waals surface area contributed by atoms with Crippen LogP contribution < -0.4 is 0 Å². The molecule has 0 saturated carbocycles. The van der Waals surface area contributed by atoms with Gasteiger partial charge in [-0.05, 0) is 23.8 Å². The Kier molecular flexibility index (Phi) is 3.88. The molecular formula is C10H17NO3S. The van der Waals surface area contributed by atoms with Crippen LogP contribution in [-0.4, -0.2) is 59.8 Å². The molecule has 2 unspecified atom stereocenters. The summed E-state index contributed by atoms with van der Waals surface area (Å²) < 4.78 is 5.19. The predicted octanol–water partition coefficient (Wildman–Crippen LogP) is 0.525. The van der Waals surface area contributed by atoms with Crippen molar-refractivity contribution in [3.63, 3.8) is 0 Å². The molecular weight excluding hydrogens is 214 g/mol. The predicted molar refractivity (Wildman–Crippen MR) is 59.2 cm³/mol. The number of hydrogen-bond acceptors (Lipinski definition) is 4. The molecule has 2 aliphatic heterocycles. The lowest BCUT2D eigenvalue weighted by molar-refractivity contribution is -0.156. The summed E-state index contributed by atoms with van der Waals surface area (Å²) in [4.78, 5) is 13.0. The molecule has 2 saturated heterocycles. The molecule has 0 aromatic carbocycles. The Morgan fingerprint density at radius 2 is 2.47 bits per heavy atom. The summed E-state index contributed by atoms with van der Waals surface area (Å²) in [6, 6.07) is 0. The van der Waals surface area contributed by atoms with Gasteiger partial charge in [-0.25, -0.2) is 4.79 Å². The fraction of sp³-hybridized carbons (Fsp3) is 0.900. The second-order valence-corrected chi connectivity index (χ2v) is 5.34. The van der Waals surface area contributed by atoms with Gasteiger partial charge in [0.1, 0.15) is 0 Å². The Hall–Kier alpha value is -0.260. The maximum absolute atomic E-state index is 10.8. The molecule has 2 atom stereocenters. The van der Waals surface area contributed by atoms with Crippen molar-refractivity contribution in [2.45, 2.75) is 12.5 Å². The molecule has 4 nitrogen and oxygen atoms in total. The molecule has 2 rings (SSSR count). The van der Waals surface area contributed by atoms with E-state index in [1.54, 1.807) is 0 Å². The lowest BCUT2D eigenvalue weighted by atomic mass is 10.1. The minimum atomic E-state index is -0.833. The van der Waals surface area contributed by atoms with Crippen LogP contribution in [0.5, 0.6) is 0 Å². The Morgan fingerprint density at radius 1 is 1.60 bits per heavy atom. The number of carboxylic acids is 1. The van der Waals surface area contributed by atoms with Crippen molar-refractivity contribution >= 4 is 17.7 Å². The smallest absolute Gasteiger partial charge is 0.334 e. The third-order valence-electron chi connectivity index (χ3n) is 2.97. The van der Waals surface area contributed by atoms with Crippen LogP contribution in [0, 0.1) is 5.92 Å². The first-order valence-corrected chi connectivity index (χ1v) is 6.55. The summed E-state index contributed by atoms with van der Waals surface area (Å²) in [5, 5.41) is 8.86. The quantitative estimate of drug-likeness (QED) is 0.767. The average molecular weight is 231 g/mol. The van der Waals surface area contributed by atoms with E-state index in [4.69, 9.17) is 9.84 Å². The number of ether oxygens (including phenoxy) is 1. The molecule has 0 aromatic heterocycles. The average Bonchev–Trinajstić information content (AvgIpc) is 2.71. The van der Waals surface area contributed by atoms with E-state index >= 15 is 0 Å². The van der Waals surface area contributed by atoms with Crippen molar-refractivity contribution in [3.8, 4) is 0 Å². The minimum absolute atomic E-state index is 0.552. The first-order valence-electron chi connectivity index (χ1n) is 5.40. The molecule has 0 amide bonds. The number of carbonyl (C=O) groups is 1. The highest BCUT2D eigenvalue weighted by molar-refractivity contribution is 7.99. The number of carboxylic acid groups (broad SMARTS) is 1. The van der Waals surface area contributed by atoms with Gasteiger partial charge in [0.2, 0.25) is 0 Å². The Bertz CT molecular complexity index is 231. The topological polar surface area (TPSA) is 49.8 Å². The number of hydrogen-bond donors (Lipinski definition) is 1. The molecule has 15 heavy (non-hydrogen) atoms. The van der Waals surface area contributed by atoms with E-state index in [9.17, 15) is 4.79 Å². The normalized spacial score (nSPS) is 33.1.